The Morgan fingerprint density at radius 3 is 2.46 bits per heavy atom. The van der Waals surface area contributed by atoms with Gasteiger partial charge in [0, 0.05) is 32.1 Å². The highest BCUT2D eigenvalue weighted by atomic mass is 16.6. The average molecular weight is 335 g/mol. The SMILES string of the molecule is CC(C)c1noc(OCC(=O)N2CCN([C@@H](C#N)C(C)C)CC2)n1. The van der Waals surface area contributed by atoms with Gasteiger partial charge in [-0.3, -0.25) is 14.2 Å². The van der Waals surface area contributed by atoms with Crippen LogP contribution in [-0.2, 0) is 4.79 Å². The van der Waals surface area contributed by atoms with Crippen molar-refractivity contribution >= 4 is 5.91 Å². The molecule has 0 aliphatic carbocycles. The van der Waals surface area contributed by atoms with Gasteiger partial charge >= 0.3 is 6.08 Å². The van der Waals surface area contributed by atoms with Crippen LogP contribution in [0.2, 0.25) is 0 Å². The Balaban J connectivity index is 1.79. The maximum atomic E-state index is 12.2. The fraction of sp³-hybridized carbons (Fsp3) is 0.750. The minimum Gasteiger partial charge on any atom is -0.439 e. The van der Waals surface area contributed by atoms with Crippen molar-refractivity contribution in [2.24, 2.45) is 5.92 Å². The van der Waals surface area contributed by atoms with Crippen LogP contribution in [0.5, 0.6) is 6.08 Å². The van der Waals surface area contributed by atoms with E-state index in [1.54, 1.807) is 4.90 Å². The first-order valence-corrected chi connectivity index (χ1v) is 8.30. The zero-order valence-electron chi connectivity index (χ0n) is 14.7. The summed E-state index contributed by atoms with van der Waals surface area (Å²) < 4.78 is 10.2. The van der Waals surface area contributed by atoms with Gasteiger partial charge in [-0.1, -0.05) is 32.9 Å². The topological polar surface area (TPSA) is 95.5 Å². The molecule has 132 valence electrons. The lowest BCUT2D eigenvalue weighted by molar-refractivity contribution is -0.135. The molecule has 1 atom stereocenters. The van der Waals surface area contributed by atoms with Gasteiger partial charge in [-0.15, -0.1) is 0 Å². The number of amides is 1. The maximum Gasteiger partial charge on any atom is 0.417 e. The Bertz CT molecular complexity index is 585. The largest absolute Gasteiger partial charge is 0.439 e. The lowest BCUT2D eigenvalue weighted by atomic mass is 10.0. The molecule has 1 aromatic heterocycles. The Hall–Kier alpha value is -2.14. The molecule has 1 aromatic rings. The molecule has 0 aromatic carbocycles. The number of hydrogen-bond donors (Lipinski definition) is 0. The molecule has 0 saturated carbocycles. The first-order valence-electron chi connectivity index (χ1n) is 8.30. The van der Waals surface area contributed by atoms with Gasteiger partial charge in [-0.05, 0) is 5.92 Å². The van der Waals surface area contributed by atoms with E-state index in [9.17, 15) is 10.1 Å². The van der Waals surface area contributed by atoms with Crippen molar-refractivity contribution < 1.29 is 14.1 Å². The van der Waals surface area contributed by atoms with E-state index < -0.39 is 0 Å². The number of nitrogens with zero attached hydrogens (tertiary/aromatic N) is 5. The van der Waals surface area contributed by atoms with Gasteiger partial charge in [0.25, 0.3) is 5.91 Å². The summed E-state index contributed by atoms with van der Waals surface area (Å²) in [6.45, 7) is 10.4. The van der Waals surface area contributed by atoms with Crippen molar-refractivity contribution in [3.05, 3.63) is 5.82 Å². The Morgan fingerprint density at radius 1 is 1.29 bits per heavy atom. The molecule has 0 radical (unpaired) electrons. The third-order valence-corrected chi connectivity index (χ3v) is 4.08. The average Bonchev–Trinajstić information content (AvgIpc) is 3.03. The van der Waals surface area contributed by atoms with Gasteiger partial charge in [0.1, 0.15) is 6.04 Å². The summed E-state index contributed by atoms with van der Waals surface area (Å²) in [5, 5.41) is 13.0. The summed E-state index contributed by atoms with van der Waals surface area (Å²) in [6.07, 6.45) is 0.0232. The monoisotopic (exact) mass is 335 g/mol. The van der Waals surface area contributed by atoms with Crippen molar-refractivity contribution in [1.82, 2.24) is 19.9 Å². The quantitative estimate of drug-likeness (QED) is 0.772. The van der Waals surface area contributed by atoms with Crippen molar-refractivity contribution in [2.45, 2.75) is 39.7 Å². The zero-order valence-corrected chi connectivity index (χ0v) is 14.7. The highest BCUT2D eigenvalue weighted by Gasteiger charge is 2.28. The van der Waals surface area contributed by atoms with E-state index in [4.69, 9.17) is 9.26 Å². The summed E-state index contributed by atoms with van der Waals surface area (Å²) >= 11 is 0. The van der Waals surface area contributed by atoms with Crippen molar-refractivity contribution in [2.75, 3.05) is 32.8 Å². The fourth-order valence-corrected chi connectivity index (χ4v) is 2.63. The summed E-state index contributed by atoms with van der Waals surface area (Å²) in [7, 11) is 0. The molecule has 1 aliphatic heterocycles. The molecule has 1 aliphatic rings. The standard InChI is InChI=1S/C16H25N5O3/c1-11(2)13(9-17)20-5-7-21(8-6-20)14(22)10-23-16-18-15(12(3)4)19-24-16/h11-13H,5-8,10H2,1-4H3/t13-/m0/s1. The molecule has 0 N–H and O–H groups in total. The molecule has 24 heavy (non-hydrogen) atoms. The van der Waals surface area contributed by atoms with Gasteiger partial charge in [0.2, 0.25) is 0 Å². The van der Waals surface area contributed by atoms with Crippen LogP contribution in [0.4, 0.5) is 0 Å². The second-order valence-electron chi connectivity index (χ2n) is 6.60. The molecule has 0 bridgehead atoms. The van der Waals surface area contributed by atoms with Crippen LogP contribution in [0.15, 0.2) is 4.52 Å². The first-order chi connectivity index (χ1) is 11.4. The maximum absolute atomic E-state index is 12.2. The lowest BCUT2D eigenvalue weighted by Crippen LogP contribution is -2.53. The minimum absolute atomic E-state index is 0.0232. The zero-order chi connectivity index (χ0) is 17.7. The van der Waals surface area contributed by atoms with E-state index >= 15 is 0 Å². The van der Waals surface area contributed by atoms with Gasteiger partial charge in [0.05, 0.1) is 6.07 Å². The van der Waals surface area contributed by atoms with Gasteiger partial charge < -0.3 is 9.64 Å². The molecule has 1 amide bonds. The fourth-order valence-electron chi connectivity index (χ4n) is 2.63. The van der Waals surface area contributed by atoms with E-state index in [0.29, 0.717) is 32.0 Å². The third-order valence-electron chi connectivity index (χ3n) is 4.08. The Kier molecular flexibility index (Phi) is 6.15. The summed E-state index contributed by atoms with van der Waals surface area (Å²) in [6, 6.07) is 2.24. The third kappa shape index (κ3) is 4.45. The lowest BCUT2D eigenvalue weighted by Gasteiger charge is -2.37. The highest BCUT2D eigenvalue weighted by Crippen LogP contribution is 2.15. The highest BCUT2D eigenvalue weighted by molar-refractivity contribution is 5.77. The second-order valence-corrected chi connectivity index (χ2v) is 6.60. The molecule has 1 fully saturated rings. The van der Waals surface area contributed by atoms with Crippen molar-refractivity contribution in [3.8, 4) is 12.1 Å². The molecule has 8 heteroatoms. The van der Waals surface area contributed by atoms with Gasteiger partial charge in [-0.2, -0.15) is 10.2 Å². The molecule has 0 spiro atoms. The van der Waals surface area contributed by atoms with Gasteiger partial charge in [-0.25, -0.2) is 0 Å². The van der Waals surface area contributed by atoms with Crippen LogP contribution >= 0.6 is 0 Å². The summed E-state index contributed by atoms with van der Waals surface area (Å²) in [5.74, 6) is 0.858. The number of piperazine rings is 1. The Labute approximate surface area is 142 Å². The molecule has 2 rings (SSSR count). The van der Waals surface area contributed by atoms with E-state index in [0.717, 1.165) is 0 Å². The smallest absolute Gasteiger partial charge is 0.417 e. The molecule has 0 unspecified atom stereocenters. The van der Waals surface area contributed by atoms with Crippen LogP contribution in [0.1, 0.15) is 39.4 Å². The number of carbonyl (C=O) groups excluding carboxylic acids is 1. The predicted molar refractivity (Wildman–Crippen MR) is 86.3 cm³/mol. The van der Waals surface area contributed by atoms with E-state index in [1.807, 2.05) is 27.7 Å². The molecule has 2 heterocycles. The number of nitriles is 1. The minimum atomic E-state index is -0.119. The van der Waals surface area contributed by atoms with Crippen molar-refractivity contribution in [3.63, 3.8) is 0 Å². The van der Waals surface area contributed by atoms with Crippen LogP contribution in [0, 0.1) is 17.2 Å². The predicted octanol–water partition coefficient (Wildman–Crippen LogP) is 1.26. The Morgan fingerprint density at radius 2 is 1.96 bits per heavy atom. The van der Waals surface area contributed by atoms with E-state index in [2.05, 4.69) is 21.1 Å². The van der Waals surface area contributed by atoms with E-state index in [-0.39, 0.29) is 36.5 Å². The van der Waals surface area contributed by atoms with Crippen molar-refractivity contribution in [1.29, 1.82) is 5.26 Å². The molecular weight excluding hydrogens is 310 g/mol. The number of hydrogen-bond acceptors (Lipinski definition) is 7. The number of aromatic nitrogens is 2. The summed E-state index contributed by atoms with van der Waals surface area (Å²) in [5.41, 5.74) is 0. The number of carbonyl (C=O) groups is 1. The molecular formula is C16H25N5O3. The van der Waals surface area contributed by atoms with E-state index in [1.165, 1.54) is 0 Å². The molecule has 1 saturated heterocycles. The number of rotatable bonds is 6. The first kappa shape index (κ1) is 18.2. The van der Waals surface area contributed by atoms with Crippen LogP contribution in [-0.4, -0.2) is 64.7 Å². The van der Waals surface area contributed by atoms with Crippen LogP contribution in [0.3, 0.4) is 0 Å². The second kappa shape index (κ2) is 8.11. The molecule has 8 nitrogen and oxygen atoms in total. The van der Waals surface area contributed by atoms with Crippen LogP contribution in [0.25, 0.3) is 0 Å². The number of ether oxygens (including phenoxy) is 1. The normalized spacial score (nSPS) is 17.1. The summed E-state index contributed by atoms with van der Waals surface area (Å²) in [4.78, 5) is 20.2. The van der Waals surface area contributed by atoms with Gasteiger partial charge in [0.15, 0.2) is 12.4 Å². The van der Waals surface area contributed by atoms with Crippen LogP contribution < -0.4 is 4.74 Å².